The number of aryl methyl sites for hydroxylation is 2. The van der Waals surface area contributed by atoms with Gasteiger partial charge in [0.25, 0.3) is 0 Å². The maximum absolute atomic E-state index is 6.11. The molecule has 0 spiro atoms. The number of furan rings is 1. The van der Waals surface area contributed by atoms with Gasteiger partial charge >= 0.3 is 0 Å². The van der Waals surface area contributed by atoms with Gasteiger partial charge in [-0.3, -0.25) is 0 Å². The van der Waals surface area contributed by atoms with Gasteiger partial charge in [0.15, 0.2) is 0 Å². The van der Waals surface area contributed by atoms with Crippen LogP contribution in [-0.2, 0) is 6.54 Å². The minimum Gasteiger partial charge on any atom is -0.465 e. The zero-order valence-electron chi connectivity index (χ0n) is 9.38. The van der Waals surface area contributed by atoms with Crippen molar-refractivity contribution in [2.45, 2.75) is 20.4 Å². The van der Waals surface area contributed by atoms with Crippen LogP contribution in [0.5, 0.6) is 0 Å². The molecular formula is C13H14ClNO. The zero-order chi connectivity index (χ0) is 11.5. The Kier molecular flexibility index (Phi) is 3.20. The Balaban J connectivity index is 2.10. The number of anilines is 1. The lowest BCUT2D eigenvalue weighted by Gasteiger charge is -2.09. The van der Waals surface area contributed by atoms with Crippen molar-refractivity contribution >= 4 is 17.3 Å². The molecule has 2 aromatic rings. The predicted molar refractivity (Wildman–Crippen MR) is 67.0 cm³/mol. The third-order valence-corrected chi connectivity index (χ3v) is 2.77. The summed E-state index contributed by atoms with van der Waals surface area (Å²) in [6.45, 7) is 4.62. The summed E-state index contributed by atoms with van der Waals surface area (Å²) < 4.78 is 5.48. The molecule has 0 radical (unpaired) electrons. The summed E-state index contributed by atoms with van der Waals surface area (Å²) in [5, 5.41) is 4.02. The molecule has 1 aromatic carbocycles. The largest absolute Gasteiger partial charge is 0.465 e. The highest BCUT2D eigenvalue weighted by atomic mass is 35.5. The third-order valence-electron chi connectivity index (χ3n) is 2.46. The second-order valence-corrected chi connectivity index (χ2v) is 4.20. The van der Waals surface area contributed by atoms with E-state index in [1.165, 1.54) is 0 Å². The molecule has 0 aliphatic rings. The molecule has 1 aromatic heterocycles. The van der Waals surface area contributed by atoms with E-state index in [9.17, 15) is 0 Å². The summed E-state index contributed by atoms with van der Waals surface area (Å²) >= 11 is 6.11. The lowest BCUT2D eigenvalue weighted by atomic mass is 10.2. The van der Waals surface area contributed by atoms with Crippen molar-refractivity contribution < 1.29 is 4.42 Å². The molecular weight excluding hydrogens is 222 g/mol. The van der Waals surface area contributed by atoms with Crippen LogP contribution < -0.4 is 5.32 Å². The number of benzene rings is 1. The highest BCUT2D eigenvalue weighted by Crippen LogP contribution is 2.25. The summed E-state index contributed by atoms with van der Waals surface area (Å²) in [6.07, 6.45) is 0. The third kappa shape index (κ3) is 2.39. The maximum atomic E-state index is 6.11. The Morgan fingerprint density at radius 2 is 2.00 bits per heavy atom. The number of halogens is 1. The Morgan fingerprint density at radius 3 is 2.62 bits per heavy atom. The van der Waals surface area contributed by atoms with E-state index in [2.05, 4.69) is 5.32 Å². The Labute approximate surface area is 100 Å². The smallest absolute Gasteiger partial charge is 0.123 e. The number of nitrogens with one attached hydrogen (secondary N) is 1. The van der Waals surface area contributed by atoms with Crippen molar-refractivity contribution in [3.05, 3.63) is 52.4 Å². The summed E-state index contributed by atoms with van der Waals surface area (Å²) in [5.41, 5.74) is 2.11. The van der Waals surface area contributed by atoms with Gasteiger partial charge in [0, 0.05) is 0 Å². The van der Waals surface area contributed by atoms with Gasteiger partial charge in [0.2, 0.25) is 0 Å². The summed E-state index contributed by atoms with van der Waals surface area (Å²) in [5.74, 6) is 1.84. The predicted octanol–water partition coefficient (Wildman–Crippen LogP) is 4.16. The van der Waals surface area contributed by atoms with Crippen LogP contribution in [0.2, 0.25) is 5.02 Å². The van der Waals surface area contributed by atoms with E-state index in [1.807, 2.05) is 44.2 Å². The van der Waals surface area contributed by atoms with Crippen LogP contribution in [-0.4, -0.2) is 0 Å². The van der Waals surface area contributed by atoms with Crippen molar-refractivity contribution in [1.82, 2.24) is 0 Å². The van der Waals surface area contributed by atoms with Crippen molar-refractivity contribution in [3.63, 3.8) is 0 Å². The van der Waals surface area contributed by atoms with Crippen LogP contribution in [0.25, 0.3) is 0 Å². The van der Waals surface area contributed by atoms with E-state index in [0.29, 0.717) is 6.54 Å². The molecule has 2 nitrogen and oxygen atoms in total. The summed E-state index contributed by atoms with van der Waals surface area (Å²) in [4.78, 5) is 0. The fraction of sp³-hybridized carbons (Fsp3) is 0.231. The summed E-state index contributed by atoms with van der Waals surface area (Å²) in [7, 11) is 0. The molecule has 0 bridgehead atoms. The van der Waals surface area contributed by atoms with Crippen LogP contribution in [0.15, 0.2) is 34.7 Å². The van der Waals surface area contributed by atoms with Crippen molar-refractivity contribution in [3.8, 4) is 0 Å². The number of para-hydroxylation sites is 1. The van der Waals surface area contributed by atoms with Gasteiger partial charge in [-0.15, -0.1) is 0 Å². The lowest BCUT2D eigenvalue weighted by molar-refractivity contribution is 0.490. The molecule has 2 rings (SSSR count). The maximum Gasteiger partial charge on any atom is 0.123 e. The van der Waals surface area contributed by atoms with E-state index in [4.69, 9.17) is 16.0 Å². The van der Waals surface area contributed by atoms with Crippen LogP contribution >= 0.6 is 11.6 Å². The van der Waals surface area contributed by atoms with Crippen molar-refractivity contribution in [2.75, 3.05) is 5.32 Å². The molecule has 84 valence electrons. The Morgan fingerprint density at radius 1 is 1.19 bits per heavy atom. The van der Waals surface area contributed by atoms with Gasteiger partial charge in [-0.1, -0.05) is 23.7 Å². The molecule has 16 heavy (non-hydrogen) atoms. The Hall–Kier alpha value is -1.41. The highest BCUT2D eigenvalue weighted by Gasteiger charge is 2.04. The van der Waals surface area contributed by atoms with Gasteiger partial charge in [0.05, 0.1) is 17.3 Å². The normalized spacial score (nSPS) is 10.4. The molecule has 1 N–H and O–H groups in total. The van der Waals surface area contributed by atoms with Gasteiger partial charge < -0.3 is 9.73 Å². The van der Waals surface area contributed by atoms with Crippen LogP contribution in [0.3, 0.4) is 0 Å². The van der Waals surface area contributed by atoms with Crippen LogP contribution in [0, 0.1) is 13.8 Å². The first-order valence-corrected chi connectivity index (χ1v) is 5.59. The van der Waals surface area contributed by atoms with E-state index in [1.54, 1.807) is 0 Å². The zero-order valence-corrected chi connectivity index (χ0v) is 10.1. The first-order chi connectivity index (χ1) is 7.66. The molecule has 0 saturated heterocycles. The van der Waals surface area contributed by atoms with Crippen LogP contribution in [0.1, 0.15) is 17.1 Å². The number of hydrogen-bond donors (Lipinski definition) is 1. The number of rotatable bonds is 3. The van der Waals surface area contributed by atoms with E-state index in [0.717, 1.165) is 27.8 Å². The van der Waals surface area contributed by atoms with Gasteiger partial charge in [-0.05, 0) is 37.6 Å². The van der Waals surface area contributed by atoms with E-state index >= 15 is 0 Å². The molecule has 0 fully saturated rings. The van der Waals surface area contributed by atoms with Gasteiger partial charge in [-0.25, -0.2) is 0 Å². The Bertz CT molecular complexity index is 470. The molecule has 0 aliphatic carbocycles. The second-order valence-electron chi connectivity index (χ2n) is 3.80. The highest BCUT2D eigenvalue weighted by molar-refractivity contribution is 6.33. The first-order valence-electron chi connectivity index (χ1n) is 5.21. The van der Waals surface area contributed by atoms with Crippen LogP contribution in [0.4, 0.5) is 5.69 Å². The molecule has 1 heterocycles. The average Bonchev–Trinajstić information content (AvgIpc) is 2.63. The van der Waals surface area contributed by atoms with Crippen molar-refractivity contribution in [2.24, 2.45) is 0 Å². The fourth-order valence-electron chi connectivity index (χ4n) is 1.61. The molecule has 3 heteroatoms. The first kappa shape index (κ1) is 11.1. The fourth-order valence-corrected chi connectivity index (χ4v) is 1.90. The molecule has 0 atom stereocenters. The lowest BCUT2D eigenvalue weighted by Crippen LogP contribution is -2.00. The van der Waals surface area contributed by atoms with Gasteiger partial charge in [0.1, 0.15) is 11.5 Å². The van der Waals surface area contributed by atoms with E-state index in [-0.39, 0.29) is 0 Å². The minimum absolute atomic E-state index is 0.651. The monoisotopic (exact) mass is 235 g/mol. The quantitative estimate of drug-likeness (QED) is 0.864. The SMILES string of the molecule is Cc1ccc(CNc2c(C)cccc2Cl)o1. The molecule has 0 amide bonds. The topological polar surface area (TPSA) is 25.2 Å². The second kappa shape index (κ2) is 4.62. The van der Waals surface area contributed by atoms with Gasteiger partial charge in [-0.2, -0.15) is 0 Å². The molecule has 0 saturated carbocycles. The molecule has 0 unspecified atom stereocenters. The standard InChI is InChI=1S/C13H14ClNO/c1-9-4-3-5-12(14)13(9)15-8-11-7-6-10(2)16-11/h3-7,15H,8H2,1-2H3. The summed E-state index contributed by atoms with van der Waals surface area (Å²) in [6, 6.07) is 9.77. The van der Waals surface area contributed by atoms with E-state index < -0.39 is 0 Å². The number of hydrogen-bond acceptors (Lipinski definition) is 2. The van der Waals surface area contributed by atoms with Crippen molar-refractivity contribution in [1.29, 1.82) is 0 Å². The average molecular weight is 236 g/mol. The minimum atomic E-state index is 0.651. The molecule has 0 aliphatic heterocycles.